The molecule has 0 aromatic rings. The van der Waals surface area contributed by atoms with E-state index < -0.39 is 0 Å². The molecule has 0 aliphatic heterocycles. The summed E-state index contributed by atoms with van der Waals surface area (Å²) in [5.74, 6) is 0. The zero-order chi connectivity index (χ0) is 5.15. The van der Waals surface area contributed by atoms with Crippen molar-refractivity contribution in [2.45, 2.75) is 13.8 Å². The summed E-state index contributed by atoms with van der Waals surface area (Å²) in [6.45, 7) is 11.2. The van der Waals surface area contributed by atoms with Gasteiger partial charge in [0.15, 0.2) is 0 Å². The Morgan fingerprint density at radius 2 is 1.12 bits per heavy atom. The molecule has 0 saturated carbocycles. The average Bonchev–Trinajstić information content (AvgIpc) is 1.36. The molecule has 0 fully saturated rings. The number of hydrogen-bond donors (Lipinski definition) is 0. The fraction of sp³-hybridized carbons (Fsp3) is 0.333. The van der Waals surface area contributed by atoms with Gasteiger partial charge in [-0.15, -0.1) is 13.8 Å². The summed E-state index contributed by atoms with van der Waals surface area (Å²) in [6, 6.07) is 0. The van der Waals surface area contributed by atoms with Crippen LogP contribution in [0.25, 0.3) is 0 Å². The summed E-state index contributed by atoms with van der Waals surface area (Å²) in [4.78, 5) is 0. The second kappa shape index (κ2) is 8.12. The van der Waals surface area contributed by atoms with E-state index in [1.165, 1.54) is 0 Å². The third-order valence-corrected chi connectivity index (χ3v) is 0.729. The van der Waals surface area contributed by atoms with Gasteiger partial charge in [0.25, 0.3) is 0 Å². The van der Waals surface area contributed by atoms with Crippen LogP contribution in [-0.2, 0) is 18.6 Å². The minimum absolute atomic E-state index is 0. The minimum atomic E-state index is 0. The van der Waals surface area contributed by atoms with Gasteiger partial charge in [-0.2, -0.15) is 0 Å². The third kappa shape index (κ3) is 10.2. The van der Waals surface area contributed by atoms with Crippen LogP contribution in [0.3, 0.4) is 0 Å². The molecule has 0 aromatic carbocycles. The molecule has 0 nitrogen and oxygen atoms in total. The molecule has 0 aromatic heterocycles. The van der Waals surface area contributed by atoms with Gasteiger partial charge in [0, 0.05) is 49.7 Å². The predicted octanol–water partition coefficient (Wildman–Crippen LogP) is 1.99. The van der Waals surface area contributed by atoms with E-state index in [0.29, 0.717) is 0 Å². The average molecular weight is 371 g/mol. The molecule has 0 amide bonds. The topological polar surface area (TPSA) is 0 Å². The summed E-state index contributed by atoms with van der Waals surface area (Å²) < 4.78 is 0. The van der Waals surface area contributed by atoms with Crippen LogP contribution in [0.5, 0.6) is 0 Å². The maximum Gasteiger partial charge on any atom is 0 e. The van der Waals surface area contributed by atoms with Crippen molar-refractivity contribution in [1.29, 1.82) is 0 Å². The summed E-state index contributed by atoms with van der Waals surface area (Å²) >= 11 is 0. The largest absolute Gasteiger partial charge is 0.367 e. The summed E-state index contributed by atoms with van der Waals surface area (Å²) in [7, 11) is 0. The normalized spacial score (nSPS) is 10.2. The molecule has 1 radical (unpaired) electrons. The number of hydrogen-bond acceptors (Lipinski definition) is 0. The van der Waals surface area contributed by atoms with Gasteiger partial charge in [-0.05, 0) is 0 Å². The van der Waals surface area contributed by atoms with E-state index in [2.05, 4.69) is 13.8 Å². The Labute approximate surface area is 87.8 Å². The van der Waals surface area contributed by atoms with Crippen molar-refractivity contribution < 1.29 is 49.7 Å². The molecule has 0 atom stereocenters. The van der Waals surface area contributed by atoms with Crippen LogP contribution in [0.2, 0.25) is 0 Å². The summed E-state index contributed by atoms with van der Waals surface area (Å²) in [5.41, 5.74) is 2.13. The monoisotopic (exact) mass is 371 g/mol. The third-order valence-electron chi connectivity index (χ3n) is 0.729. The van der Waals surface area contributed by atoms with E-state index in [0.717, 1.165) is 11.1 Å². The van der Waals surface area contributed by atoms with Crippen molar-refractivity contribution in [3.8, 4) is 0 Å². The van der Waals surface area contributed by atoms with Crippen LogP contribution in [0.4, 0.5) is 0 Å². The molecule has 45 valence electrons. The first-order valence-electron chi connectivity index (χ1n) is 1.96. The molecular formula is C6H10UV-2. The van der Waals surface area contributed by atoms with Gasteiger partial charge in [0.1, 0.15) is 0 Å². The van der Waals surface area contributed by atoms with E-state index in [1.54, 1.807) is 0 Å². The van der Waals surface area contributed by atoms with Gasteiger partial charge in [-0.1, -0.05) is 0 Å². The fourth-order valence-electron chi connectivity index (χ4n) is 0. The van der Waals surface area contributed by atoms with Crippen molar-refractivity contribution in [2.24, 2.45) is 0 Å². The molecule has 0 saturated heterocycles. The predicted molar refractivity (Wildman–Crippen MR) is 29.1 cm³/mol. The maximum atomic E-state index is 3.66. The standard InChI is InChI=1S/C6H10.U.V/c1-5(2)6(3)4;;/h1,3H2,2,4H3;;/q-2;;. The van der Waals surface area contributed by atoms with E-state index in [9.17, 15) is 0 Å². The maximum absolute atomic E-state index is 3.66. The Bertz CT molecular complexity index is 58.6. The zero-order valence-electron chi connectivity index (χ0n) is 5.36. The Morgan fingerprint density at radius 1 is 1.00 bits per heavy atom. The van der Waals surface area contributed by atoms with Crippen molar-refractivity contribution in [3.05, 3.63) is 25.0 Å². The van der Waals surface area contributed by atoms with Crippen LogP contribution in [0.1, 0.15) is 13.8 Å². The van der Waals surface area contributed by atoms with Gasteiger partial charge < -0.3 is 25.0 Å². The van der Waals surface area contributed by atoms with Crippen molar-refractivity contribution in [3.63, 3.8) is 0 Å². The molecule has 0 unspecified atom stereocenters. The van der Waals surface area contributed by atoms with Gasteiger partial charge >= 0.3 is 0 Å². The smallest absolute Gasteiger partial charge is 0 e. The first kappa shape index (κ1) is 16.1. The second-order valence-corrected chi connectivity index (χ2v) is 1.56. The van der Waals surface area contributed by atoms with Crippen LogP contribution < -0.4 is 0 Å². The van der Waals surface area contributed by atoms with Crippen LogP contribution in [-0.4, -0.2) is 0 Å². The van der Waals surface area contributed by atoms with Gasteiger partial charge in [0.2, 0.25) is 0 Å². The Balaban J connectivity index is -0.000000125. The minimum Gasteiger partial charge on any atom is -0.367 e. The van der Waals surface area contributed by atoms with E-state index in [-0.39, 0.29) is 49.7 Å². The molecule has 0 rings (SSSR count). The summed E-state index contributed by atoms with van der Waals surface area (Å²) in [5, 5.41) is 0. The molecule has 0 bridgehead atoms. The molecular weight excluding hydrogens is 361 g/mol. The SMILES string of the molecule is [CH2-]C(C)=C([CH2-])C.[U].[V]. The first-order chi connectivity index (χ1) is 2.64. The Hall–Kier alpha value is 1.12. The second-order valence-electron chi connectivity index (χ2n) is 1.56. The van der Waals surface area contributed by atoms with E-state index in [1.807, 2.05) is 13.8 Å². The van der Waals surface area contributed by atoms with Crippen molar-refractivity contribution in [1.82, 2.24) is 0 Å². The molecule has 2 heteroatoms. The van der Waals surface area contributed by atoms with Crippen molar-refractivity contribution in [2.75, 3.05) is 0 Å². The Kier molecular flexibility index (Phi) is 16.3. The quantitative estimate of drug-likeness (QED) is 0.572. The number of allylic oxidation sites excluding steroid dienone is 2. The first-order valence-corrected chi connectivity index (χ1v) is 1.96. The molecule has 0 N–H and O–H groups in total. The fourth-order valence-corrected chi connectivity index (χ4v) is 0. The Morgan fingerprint density at radius 3 is 1.12 bits per heavy atom. The zero-order valence-corrected chi connectivity index (χ0v) is 10.9. The van der Waals surface area contributed by atoms with Gasteiger partial charge in [-0.25, -0.2) is 0 Å². The molecule has 8 heavy (non-hydrogen) atoms. The number of rotatable bonds is 0. The van der Waals surface area contributed by atoms with Gasteiger partial charge in [0.05, 0.1) is 0 Å². The van der Waals surface area contributed by atoms with Crippen LogP contribution in [0, 0.1) is 45.0 Å². The summed E-state index contributed by atoms with van der Waals surface area (Å²) in [6.07, 6.45) is 0. The van der Waals surface area contributed by atoms with Crippen molar-refractivity contribution >= 4 is 0 Å². The molecule has 0 aliphatic carbocycles. The van der Waals surface area contributed by atoms with E-state index >= 15 is 0 Å². The van der Waals surface area contributed by atoms with Gasteiger partial charge in [-0.3, -0.25) is 0 Å². The van der Waals surface area contributed by atoms with E-state index in [4.69, 9.17) is 0 Å². The van der Waals surface area contributed by atoms with Crippen LogP contribution >= 0.6 is 0 Å². The molecule has 0 heterocycles. The molecule has 0 spiro atoms. The van der Waals surface area contributed by atoms with Crippen LogP contribution in [0.15, 0.2) is 11.1 Å². The molecule has 0 aliphatic rings.